The number of amides is 2. The molecule has 162 valence electrons. The van der Waals surface area contributed by atoms with Gasteiger partial charge in [0, 0.05) is 4.47 Å². The highest BCUT2D eigenvalue weighted by atomic mass is 79.9. The van der Waals surface area contributed by atoms with E-state index in [1.165, 1.54) is 11.6 Å². The molecule has 1 N–H and O–H groups in total. The van der Waals surface area contributed by atoms with E-state index in [4.69, 9.17) is 14.6 Å². The van der Waals surface area contributed by atoms with Crippen molar-refractivity contribution in [1.82, 2.24) is 4.90 Å². The van der Waals surface area contributed by atoms with Gasteiger partial charge in [-0.2, -0.15) is 0 Å². The Morgan fingerprint density at radius 1 is 1.16 bits per heavy atom. The Balaban J connectivity index is 1.85. The van der Waals surface area contributed by atoms with Crippen molar-refractivity contribution >= 4 is 50.9 Å². The van der Waals surface area contributed by atoms with Crippen LogP contribution in [0.4, 0.5) is 4.79 Å². The summed E-state index contributed by atoms with van der Waals surface area (Å²) in [5.41, 5.74) is 2.78. The molecule has 0 atom stereocenters. The van der Waals surface area contributed by atoms with Gasteiger partial charge in [0.1, 0.15) is 13.2 Å². The maximum atomic E-state index is 12.4. The second-order valence-electron chi connectivity index (χ2n) is 6.69. The van der Waals surface area contributed by atoms with Crippen LogP contribution in [0.5, 0.6) is 11.5 Å². The molecule has 0 bridgehead atoms. The fourth-order valence-electron chi connectivity index (χ4n) is 2.80. The van der Waals surface area contributed by atoms with Crippen LogP contribution in [0.3, 0.4) is 0 Å². The summed E-state index contributed by atoms with van der Waals surface area (Å²) in [4.78, 5) is 36.1. The minimum atomic E-state index is -1.25. The van der Waals surface area contributed by atoms with Crippen LogP contribution >= 0.6 is 27.7 Å². The summed E-state index contributed by atoms with van der Waals surface area (Å²) in [6, 6.07) is 11.5. The monoisotopic (exact) mass is 505 g/mol. The summed E-state index contributed by atoms with van der Waals surface area (Å²) in [5.74, 6) is -0.861. The highest BCUT2D eigenvalue weighted by Crippen LogP contribution is 2.38. The van der Waals surface area contributed by atoms with Crippen molar-refractivity contribution in [3.8, 4) is 11.5 Å². The second-order valence-corrected chi connectivity index (χ2v) is 8.54. The summed E-state index contributed by atoms with van der Waals surface area (Å²) >= 11 is 4.17. The Kier molecular flexibility index (Phi) is 7.40. The van der Waals surface area contributed by atoms with Crippen molar-refractivity contribution in [3.63, 3.8) is 0 Å². The van der Waals surface area contributed by atoms with Crippen LogP contribution in [-0.4, -0.2) is 40.3 Å². The van der Waals surface area contributed by atoms with E-state index in [1.807, 2.05) is 38.1 Å². The van der Waals surface area contributed by atoms with Gasteiger partial charge in [0.2, 0.25) is 0 Å². The number of hydrogen-bond acceptors (Lipinski definition) is 6. The number of thioether (sulfide) groups is 1. The molecule has 2 amide bonds. The molecule has 9 heteroatoms. The summed E-state index contributed by atoms with van der Waals surface area (Å²) in [7, 11) is 0. The quantitative estimate of drug-likeness (QED) is 0.512. The predicted molar refractivity (Wildman–Crippen MR) is 121 cm³/mol. The van der Waals surface area contributed by atoms with Gasteiger partial charge in [-0.15, -0.1) is 0 Å². The SMILES string of the molecule is CCOc1cc(/C=C2/SC(=O)N(CC(=O)O)C2=O)c(Br)cc1OCc1ccc(C)cc1. The largest absolute Gasteiger partial charge is 0.490 e. The molecule has 0 aromatic heterocycles. The third kappa shape index (κ3) is 5.68. The summed E-state index contributed by atoms with van der Waals surface area (Å²) in [5, 5.41) is 8.28. The number of aryl methyl sites for hydroxylation is 1. The number of ether oxygens (including phenoxy) is 2. The summed E-state index contributed by atoms with van der Waals surface area (Å²) < 4.78 is 12.3. The van der Waals surface area contributed by atoms with Crippen LogP contribution in [0.1, 0.15) is 23.6 Å². The van der Waals surface area contributed by atoms with E-state index in [0.717, 1.165) is 5.56 Å². The molecule has 0 aliphatic carbocycles. The first kappa shape index (κ1) is 22.9. The molecule has 0 unspecified atom stereocenters. The van der Waals surface area contributed by atoms with Crippen LogP contribution in [0.2, 0.25) is 0 Å². The van der Waals surface area contributed by atoms with Gasteiger partial charge in [-0.05, 0) is 54.9 Å². The number of hydrogen-bond donors (Lipinski definition) is 1. The highest BCUT2D eigenvalue weighted by molar-refractivity contribution is 9.10. The van der Waals surface area contributed by atoms with Crippen LogP contribution in [0.25, 0.3) is 6.08 Å². The second kappa shape index (κ2) is 10.0. The number of carbonyl (C=O) groups is 3. The highest BCUT2D eigenvalue weighted by Gasteiger charge is 2.36. The number of imide groups is 1. The van der Waals surface area contributed by atoms with Gasteiger partial charge in [-0.1, -0.05) is 45.8 Å². The topological polar surface area (TPSA) is 93.1 Å². The molecule has 7 nitrogen and oxygen atoms in total. The first-order valence-electron chi connectivity index (χ1n) is 9.40. The maximum absolute atomic E-state index is 12.4. The fourth-order valence-corrected chi connectivity index (χ4v) is 4.07. The predicted octanol–water partition coefficient (Wildman–Crippen LogP) is 4.86. The molecule has 1 fully saturated rings. The van der Waals surface area contributed by atoms with Gasteiger partial charge in [0.25, 0.3) is 11.1 Å². The molecule has 31 heavy (non-hydrogen) atoms. The molecular formula is C22H20BrNO6S. The van der Waals surface area contributed by atoms with Gasteiger partial charge < -0.3 is 14.6 Å². The average molecular weight is 506 g/mol. The summed E-state index contributed by atoms with van der Waals surface area (Å²) in [6.07, 6.45) is 1.53. The van der Waals surface area contributed by atoms with Gasteiger partial charge in [-0.3, -0.25) is 19.3 Å². The van der Waals surface area contributed by atoms with E-state index < -0.39 is 23.7 Å². The zero-order valence-electron chi connectivity index (χ0n) is 16.9. The maximum Gasteiger partial charge on any atom is 0.323 e. The Morgan fingerprint density at radius 2 is 1.84 bits per heavy atom. The van der Waals surface area contributed by atoms with E-state index in [-0.39, 0.29) is 4.91 Å². The smallest absolute Gasteiger partial charge is 0.323 e. The normalized spacial score (nSPS) is 14.9. The van der Waals surface area contributed by atoms with E-state index in [1.54, 1.807) is 12.1 Å². The number of carbonyl (C=O) groups excluding carboxylic acids is 2. The lowest BCUT2D eigenvalue weighted by Gasteiger charge is -2.14. The third-order valence-corrected chi connectivity index (χ3v) is 5.93. The summed E-state index contributed by atoms with van der Waals surface area (Å²) in [6.45, 7) is 3.98. The van der Waals surface area contributed by atoms with Crippen molar-refractivity contribution in [2.24, 2.45) is 0 Å². The average Bonchev–Trinajstić information content (AvgIpc) is 2.97. The van der Waals surface area contributed by atoms with Gasteiger partial charge in [-0.25, -0.2) is 0 Å². The molecule has 0 saturated carbocycles. The molecule has 0 spiro atoms. The lowest BCUT2D eigenvalue weighted by molar-refractivity contribution is -0.140. The number of aliphatic carboxylic acids is 1. The molecule has 3 rings (SSSR count). The molecule has 1 aliphatic heterocycles. The molecular weight excluding hydrogens is 486 g/mol. The number of rotatable bonds is 8. The van der Waals surface area contributed by atoms with E-state index in [0.29, 0.717) is 51.4 Å². The molecule has 0 radical (unpaired) electrons. The van der Waals surface area contributed by atoms with Crippen LogP contribution in [0.15, 0.2) is 45.8 Å². The van der Waals surface area contributed by atoms with Crippen LogP contribution in [-0.2, 0) is 16.2 Å². The first-order chi connectivity index (χ1) is 14.8. The number of halogens is 1. The number of carboxylic acid groups (broad SMARTS) is 1. The lowest BCUT2D eigenvalue weighted by atomic mass is 10.1. The molecule has 1 saturated heterocycles. The Labute approximate surface area is 192 Å². The van der Waals surface area contributed by atoms with E-state index in [9.17, 15) is 14.4 Å². The van der Waals surface area contributed by atoms with Gasteiger partial charge in [0.05, 0.1) is 11.5 Å². The van der Waals surface area contributed by atoms with E-state index >= 15 is 0 Å². The molecule has 1 aliphatic rings. The van der Waals surface area contributed by atoms with Crippen molar-refractivity contribution in [2.45, 2.75) is 20.5 Å². The third-order valence-electron chi connectivity index (χ3n) is 4.33. The van der Waals surface area contributed by atoms with Crippen LogP contribution in [0, 0.1) is 6.92 Å². The standard InChI is InChI=1S/C22H20BrNO6S/c1-3-29-17-8-15(9-19-21(27)24(11-20(25)26)22(28)31-19)16(23)10-18(17)30-12-14-6-4-13(2)5-7-14/h4-10H,3,11-12H2,1-2H3,(H,25,26)/b19-9+. The van der Waals surface area contributed by atoms with Crippen molar-refractivity contribution in [2.75, 3.05) is 13.2 Å². The first-order valence-corrected chi connectivity index (χ1v) is 11.0. The molecule has 2 aromatic carbocycles. The minimum absolute atomic E-state index is 0.141. The van der Waals surface area contributed by atoms with Crippen molar-refractivity contribution < 1.29 is 29.0 Å². The fraction of sp³-hybridized carbons (Fsp3) is 0.227. The van der Waals surface area contributed by atoms with Crippen molar-refractivity contribution in [3.05, 3.63) is 62.5 Å². The van der Waals surface area contributed by atoms with E-state index in [2.05, 4.69) is 15.9 Å². The minimum Gasteiger partial charge on any atom is -0.490 e. The Bertz CT molecular complexity index is 1050. The Hall–Kier alpha value is -2.78. The lowest BCUT2D eigenvalue weighted by Crippen LogP contribution is -2.33. The molecule has 1 heterocycles. The van der Waals surface area contributed by atoms with Crippen LogP contribution < -0.4 is 9.47 Å². The number of carboxylic acids is 1. The number of benzene rings is 2. The zero-order valence-corrected chi connectivity index (χ0v) is 19.3. The van der Waals surface area contributed by atoms with Gasteiger partial charge >= 0.3 is 5.97 Å². The molecule has 2 aromatic rings. The van der Waals surface area contributed by atoms with Gasteiger partial charge in [0.15, 0.2) is 11.5 Å². The Morgan fingerprint density at radius 3 is 2.48 bits per heavy atom. The zero-order chi connectivity index (χ0) is 22.5. The van der Waals surface area contributed by atoms with Crippen molar-refractivity contribution in [1.29, 1.82) is 0 Å². The number of nitrogens with zero attached hydrogens (tertiary/aromatic N) is 1.